The molecule has 1 N–H and O–H groups in total. The van der Waals surface area contributed by atoms with Crippen LogP contribution >= 0.6 is 0 Å². The first kappa shape index (κ1) is 15.9. The second kappa shape index (κ2) is 4.74. The lowest BCUT2D eigenvalue weighted by atomic mass is 9.47. The number of hydrogen-bond acceptors (Lipinski definition) is 2. The molecule has 0 unspecified atom stereocenters. The zero-order chi connectivity index (χ0) is 16.6. The molecule has 0 aromatic rings. The molecule has 0 radical (unpaired) electrons. The highest BCUT2D eigenvalue weighted by atomic mass is 16.3. The Morgan fingerprint density at radius 2 is 1.83 bits per heavy atom. The van der Waals surface area contributed by atoms with Crippen molar-refractivity contribution in [2.45, 2.75) is 83.8 Å². The van der Waals surface area contributed by atoms with Crippen LogP contribution in [0.4, 0.5) is 0 Å². The van der Waals surface area contributed by atoms with Crippen molar-refractivity contribution in [1.82, 2.24) is 4.90 Å². The molecule has 3 aliphatic carbocycles. The van der Waals surface area contributed by atoms with Gasteiger partial charge in [0, 0.05) is 19.5 Å². The molecule has 0 aromatic heterocycles. The molecule has 3 heteroatoms. The van der Waals surface area contributed by atoms with Gasteiger partial charge in [-0.05, 0) is 80.5 Å². The molecule has 4 aliphatic rings. The summed E-state index contributed by atoms with van der Waals surface area (Å²) in [6, 6.07) is 0.441. The molecule has 0 aromatic carbocycles. The Morgan fingerprint density at radius 1 is 1.09 bits per heavy atom. The zero-order valence-electron chi connectivity index (χ0n) is 15.3. The van der Waals surface area contributed by atoms with Gasteiger partial charge in [0.25, 0.3) is 0 Å². The van der Waals surface area contributed by atoms with Crippen molar-refractivity contribution in [2.24, 2.45) is 28.6 Å². The topological polar surface area (TPSA) is 40.5 Å². The minimum atomic E-state index is -0.467. The molecule has 4 fully saturated rings. The number of rotatable bonds is 0. The predicted octanol–water partition coefficient (Wildman–Crippen LogP) is 3.60. The van der Waals surface area contributed by atoms with Gasteiger partial charge in [0.1, 0.15) is 0 Å². The molecular formula is C20H33NO2. The molecule has 1 amide bonds. The number of fused-ring (bicyclic) bond motifs is 5. The number of hydrogen-bond donors (Lipinski definition) is 1. The van der Waals surface area contributed by atoms with Gasteiger partial charge in [0.15, 0.2) is 0 Å². The average Bonchev–Trinajstić information content (AvgIpc) is 2.72. The number of carbonyl (C=O) groups is 1. The number of carbonyl (C=O) groups excluding carboxylic acids is 1. The summed E-state index contributed by atoms with van der Waals surface area (Å²) in [6.07, 6.45) is 8.73. The van der Waals surface area contributed by atoms with E-state index in [-0.39, 0.29) is 0 Å². The molecule has 1 saturated heterocycles. The third-order valence-electron chi connectivity index (χ3n) is 8.52. The Hall–Kier alpha value is -0.570. The highest BCUT2D eigenvalue weighted by molar-refractivity contribution is 5.77. The Kier molecular flexibility index (Phi) is 3.28. The van der Waals surface area contributed by atoms with Crippen molar-refractivity contribution in [3.8, 4) is 0 Å². The van der Waals surface area contributed by atoms with Crippen molar-refractivity contribution >= 4 is 5.91 Å². The van der Waals surface area contributed by atoms with E-state index in [1.165, 1.54) is 19.3 Å². The van der Waals surface area contributed by atoms with E-state index in [1.54, 1.807) is 0 Å². The van der Waals surface area contributed by atoms with Crippen LogP contribution in [0.25, 0.3) is 0 Å². The molecule has 0 spiro atoms. The monoisotopic (exact) mass is 319 g/mol. The summed E-state index contributed by atoms with van der Waals surface area (Å²) < 4.78 is 0. The molecule has 3 saturated carbocycles. The standard InChI is InChI=1S/C20H33NO2/c1-18-9-7-14-13(15(18)11-19(2,23)12-18)5-6-16-20(14,3)10-8-17(22)21(16)4/h13-16,23H,5-12H2,1-4H3/t13-,14+,15+,16-,18-,19+,20-/m1/s1. The SMILES string of the molecule is CN1C(=O)CC[C@]2(C)[C@H]3CC[C@]4(C)C[C@@](C)(O)C[C@H]4[C@@H]3CC[C@@H]12. The summed E-state index contributed by atoms with van der Waals surface area (Å²) in [5, 5.41) is 10.7. The van der Waals surface area contributed by atoms with Crippen LogP contribution in [0.15, 0.2) is 0 Å². The van der Waals surface area contributed by atoms with Gasteiger partial charge in [-0.2, -0.15) is 0 Å². The van der Waals surface area contributed by atoms with Gasteiger partial charge in [-0.1, -0.05) is 13.8 Å². The van der Waals surface area contributed by atoms with Crippen LogP contribution in [0.3, 0.4) is 0 Å². The largest absolute Gasteiger partial charge is 0.390 e. The maximum atomic E-state index is 12.2. The predicted molar refractivity (Wildman–Crippen MR) is 90.8 cm³/mol. The second-order valence-corrected chi connectivity index (χ2v) is 10.1. The van der Waals surface area contributed by atoms with Crippen molar-refractivity contribution < 1.29 is 9.90 Å². The summed E-state index contributed by atoms with van der Waals surface area (Å²) >= 11 is 0. The number of aliphatic hydroxyl groups is 1. The van der Waals surface area contributed by atoms with E-state index < -0.39 is 5.60 Å². The van der Waals surface area contributed by atoms with E-state index in [0.717, 1.165) is 43.9 Å². The molecule has 23 heavy (non-hydrogen) atoms. The van der Waals surface area contributed by atoms with E-state index in [9.17, 15) is 9.90 Å². The van der Waals surface area contributed by atoms with Crippen molar-refractivity contribution in [2.75, 3.05) is 7.05 Å². The van der Waals surface area contributed by atoms with Gasteiger partial charge in [0.2, 0.25) is 5.91 Å². The average molecular weight is 319 g/mol. The lowest BCUT2D eigenvalue weighted by Gasteiger charge is -2.61. The summed E-state index contributed by atoms with van der Waals surface area (Å²) in [5.41, 5.74) is 0.164. The number of nitrogens with zero attached hydrogens (tertiary/aromatic N) is 1. The Bertz CT molecular complexity index is 530. The fraction of sp³-hybridized carbons (Fsp3) is 0.950. The normalized spacial score (nSPS) is 56.0. The smallest absolute Gasteiger partial charge is 0.222 e. The van der Waals surface area contributed by atoms with E-state index in [0.29, 0.717) is 28.7 Å². The molecule has 4 rings (SSSR count). The Balaban J connectivity index is 1.65. The molecule has 130 valence electrons. The second-order valence-electron chi connectivity index (χ2n) is 10.1. The minimum absolute atomic E-state index is 0.293. The maximum absolute atomic E-state index is 12.2. The number of amides is 1. The van der Waals surface area contributed by atoms with Crippen LogP contribution in [0, 0.1) is 28.6 Å². The van der Waals surface area contributed by atoms with Crippen molar-refractivity contribution in [1.29, 1.82) is 0 Å². The van der Waals surface area contributed by atoms with Gasteiger partial charge in [0.05, 0.1) is 5.60 Å². The van der Waals surface area contributed by atoms with Crippen LogP contribution in [0.2, 0.25) is 0 Å². The summed E-state index contributed by atoms with van der Waals surface area (Å²) in [7, 11) is 2.03. The molecule has 1 heterocycles. The maximum Gasteiger partial charge on any atom is 0.222 e. The summed E-state index contributed by atoms with van der Waals surface area (Å²) in [5.74, 6) is 2.52. The number of likely N-dealkylation sites (tertiary alicyclic amines) is 1. The third kappa shape index (κ3) is 2.14. The van der Waals surface area contributed by atoms with E-state index >= 15 is 0 Å². The van der Waals surface area contributed by atoms with E-state index in [2.05, 4.69) is 18.7 Å². The first-order chi connectivity index (χ1) is 10.7. The lowest BCUT2D eigenvalue weighted by Crippen LogP contribution is -2.61. The molecule has 1 aliphatic heterocycles. The van der Waals surface area contributed by atoms with Crippen molar-refractivity contribution in [3.05, 3.63) is 0 Å². The van der Waals surface area contributed by atoms with Crippen molar-refractivity contribution in [3.63, 3.8) is 0 Å². The highest BCUT2D eigenvalue weighted by Gasteiger charge is 2.61. The Labute approximate surface area is 140 Å². The van der Waals surface area contributed by atoms with Gasteiger partial charge < -0.3 is 10.0 Å². The first-order valence-electron chi connectivity index (χ1n) is 9.64. The summed E-state index contributed by atoms with van der Waals surface area (Å²) in [6.45, 7) is 6.94. The first-order valence-corrected chi connectivity index (χ1v) is 9.64. The van der Waals surface area contributed by atoms with Gasteiger partial charge in [-0.3, -0.25) is 4.79 Å². The van der Waals surface area contributed by atoms with Gasteiger partial charge >= 0.3 is 0 Å². The van der Waals surface area contributed by atoms with E-state index in [1.807, 2.05) is 14.0 Å². The quantitative estimate of drug-likeness (QED) is 0.741. The van der Waals surface area contributed by atoms with Crippen LogP contribution in [-0.4, -0.2) is 34.6 Å². The Morgan fingerprint density at radius 3 is 2.57 bits per heavy atom. The van der Waals surface area contributed by atoms with Crippen LogP contribution < -0.4 is 0 Å². The fourth-order valence-electron chi connectivity index (χ4n) is 7.58. The minimum Gasteiger partial charge on any atom is -0.390 e. The van der Waals surface area contributed by atoms with Gasteiger partial charge in [-0.25, -0.2) is 0 Å². The van der Waals surface area contributed by atoms with Crippen LogP contribution in [0.1, 0.15) is 72.1 Å². The lowest BCUT2D eigenvalue weighted by molar-refractivity contribution is -0.156. The zero-order valence-corrected chi connectivity index (χ0v) is 15.3. The van der Waals surface area contributed by atoms with Gasteiger partial charge in [-0.15, -0.1) is 0 Å². The van der Waals surface area contributed by atoms with Crippen LogP contribution in [0.5, 0.6) is 0 Å². The summed E-state index contributed by atoms with van der Waals surface area (Å²) in [4.78, 5) is 14.2. The van der Waals surface area contributed by atoms with Crippen LogP contribution in [-0.2, 0) is 4.79 Å². The molecule has 0 bridgehead atoms. The number of piperidine rings is 1. The molecular weight excluding hydrogens is 286 g/mol. The highest BCUT2D eigenvalue weighted by Crippen LogP contribution is 2.66. The fourth-order valence-corrected chi connectivity index (χ4v) is 7.58. The molecule has 3 nitrogen and oxygen atoms in total. The molecule has 7 atom stereocenters. The van der Waals surface area contributed by atoms with E-state index in [4.69, 9.17) is 0 Å². The third-order valence-corrected chi connectivity index (χ3v) is 8.52.